The second kappa shape index (κ2) is 6.22. The first kappa shape index (κ1) is 14.0. The molecular weight excluding hydrogens is 280 g/mol. The number of carbonyl (C=O) groups is 1. The van der Waals surface area contributed by atoms with E-state index in [-0.39, 0.29) is 6.03 Å². The molecule has 1 aliphatic heterocycles. The van der Waals surface area contributed by atoms with E-state index >= 15 is 0 Å². The fraction of sp³-hybridized carbons (Fsp3) is 0.235. The van der Waals surface area contributed by atoms with Crippen LogP contribution in [0.2, 0.25) is 0 Å². The largest absolute Gasteiger partial charge is 0.334 e. The van der Waals surface area contributed by atoms with Crippen LogP contribution in [0.25, 0.3) is 0 Å². The van der Waals surface area contributed by atoms with Gasteiger partial charge in [0.05, 0.1) is 5.69 Å². The van der Waals surface area contributed by atoms with E-state index in [1.165, 1.54) is 4.90 Å². The molecule has 0 saturated heterocycles. The van der Waals surface area contributed by atoms with E-state index in [1.807, 2.05) is 65.2 Å². The number of para-hydroxylation sites is 1. The summed E-state index contributed by atoms with van der Waals surface area (Å²) in [6.45, 7) is 3.44. The summed E-state index contributed by atoms with van der Waals surface area (Å²) in [5, 5.41) is 3.41. The average Bonchev–Trinajstić information content (AvgIpc) is 2.52. The number of benzene rings is 2. The van der Waals surface area contributed by atoms with E-state index in [9.17, 15) is 4.79 Å². The summed E-state index contributed by atoms with van der Waals surface area (Å²) >= 11 is 1.83. The summed E-state index contributed by atoms with van der Waals surface area (Å²) in [4.78, 5) is 15.5. The number of fused-ring (bicyclic) bond motifs is 1. The molecule has 1 heterocycles. The molecule has 1 aliphatic rings. The highest BCUT2D eigenvalue weighted by Crippen LogP contribution is 2.37. The van der Waals surface area contributed by atoms with Gasteiger partial charge < -0.3 is 5.32 Å². The molecule has 0 bridgehead atoms. The second-order valence-electron chi connectivity index (χ2n) is 5.15. The Hall–Kier alpha value is -1.94. The summed E-state index contributed by atoms with van der Waals surface area (Å²) in [6.07, 6.45) is 0. The third kappa shape index (κ3) is 3.22. The van der Waals surface area contributed by atoms with E-state index in [1.54, 1.807) is 0 Å². The molecule has 2 amide bonds. The van der Waals surface area contributed by atoms with E-state index in [0.29, 0.717) is 11.8 Å². The predicted molar refractivity (Wildman–Crippen MR) is 87.8 cm³/mol. The quantitative estimate of drug-likeness (QED) is 0.912. The number of nitrogens with one attached hydrogen (secondary N) is 1. The average molecular weight is 298 g/mol. The number of hydrogen-bond donors (Lipinski definition) is 1. The normalized spacial score (nSPS) is 17.2. The van der Waals surface area contributed by atoms with E-state index < -0.39 is 0 Å². The monoisotopic (exact) mass is 298 g/mol. The van der Waals surface area contributed by atoms with Crippen LogP contribution in [0.15, 0.2) is 59.5 Å². The SMILES string of the molecule is C[C@H]1CN(C(=O)NCc2ccccc2)c2ccccc2S1. The molecule has 4 heteroatoms. The van der Waals surface area contributed by atoms with Crippen LogP contribution in [-0.4, -0.2) is 17.8 Å². The minimum absolute atomic E-state index is 0.0292. The van der Waals surface area contributed by atoms with Gasteiger partial charge in [-0.05, 0) is 17.7 Å². The highest BCUT2D eigenvalue weighted by molar-refractivity contribution is 8.00. The Balaban J connectivity index is 1.73. The lowest BCUT2D eigenvalue weighted by Crippen LogP contribution is -2.44. The van der Waals surface area contributed by atoms with Crippen LogP contribution in [0.4, 0.5) is 10.5 Å². The molecule has 0 aromatic heterocycles. The van der Waals surface area contributed by atoms with Crippen molar-refractivity contribution >= 4 is 23.5 Å². The first-order chi connectivity index (χ1) is 10.2. The first-order valence-electron chi connectivity index (χ1n) is 7.09. The Morgan fingerprint density at radius 1 is 1.19 bits per heavy atom. The van der Waals surface area contributed by atoms with Crippen molar-refractivity contribution in [3.8, 4) is 0 Å². The van der Waals surface area contributed by atoms with Crippen LogP contribution in [0, 0.1) is 0 Å². The lowest BCUT2D eigenvalue weighted by atomic mass is 10.2. The third-order valence-corrected chi connectivity index (χ3v) is 4.61. The molecule has 0 saturated carbocycles. The maximum absolute atomic E-state index is 12.5. The molecule has 3 nitrogen and oxygen atoms in total. The minimum atomic E-state index is -0.0292. The van der Waals surface area contributed by atoms with E-state index in [4.69, 9.17) is 0 Å². The standard InChI is InChI=1S/C17H18N2OS/c1-13-12-19(15-9-5-6-10-16(15)21-13)17(20)18-11-14-7-3-2-4-8-14/h2-10,13H,11-12H2,1H3,(H,18,20)/t13-/m0/s1. The first-order valence-corrected chi connectivity index (χ1v) is 7.97. The van der Waals surface area contributed by atoms with E-state index in [0.717, 1.165) is 17.8 Å². The van der Waals surface area contributed by atoms with Crippen LogP contribution in [0.3, 0.4) is 0 Å². The molecule has 1 N–H and O–H groups in total. The summed E-state index contributed by atoms with van der Waals surface area (Å²) in [5.41, 5.74) is 2.12. The molecule has 0 aliphatic carbocycles. The van der Waals surface area contributed by atoms with Crippen molar-refractivity contribution < 1.29 is 4.79 Å². The molecular formula is C17H18N2OS. The fourth-order valence-corrected chi connectivity index (χ4v) is 3.56. The van der Waals surface area contributed by atoms with Crippen molar-refractivity contribution in [3.05, 3.63) is 60.2 Å². The highest BCUT2D eigenvalue weighted by atomic mass is 32.2. The summed E-state index contributed by atoms with van der Waals surface area (Å²) < 4.78 is 0. The zero-order valence-electron chi connectivity index (χ0n) is 12.0. The van der Waals surface area contributed by atoms with Crippen LogP contribution < -0.4 is 10.2 Å². The lowest BCUT2D eigenvalue weighted by Gasteiger charge is -2.32. The van der Waals surface area contributed by atoms with Gasteiger partial charge >= 0.3 is 6.03 Å². The third-order valence-electron chi connectivity index (χ3n) is 3.46. The topological polar surface area (TPSA) is 32.3 Å². The Labute approximate surface area is 129 Å². The van der Waals surface area contributed by atoms with Crippen LogP contribution >= 0.6 is 11.8 Å². The van der Waals surface area contributed by atoms with Gasteiger partial charge in [0.2, 0.25) is 0 Å². The Morgan fingerprint density at radius 2 is 1.90 bits per heavy atom. The Kier molecular flexibility index (Phi) is 4.15. The van der Waals surface area contributed by atoms with Gasteiger partial charge in [0.15, 0.2) is 0 Å². The van der Waals surface area contributed by atoms with Gasteiger partial charge in [0, 0.05) is 23.2 Å². The number of hydrogen-bond acceptors (Lipinski definition) is 2. The molecule has 108 valence electrons. The minimum Gasteiger partial charge on any atom is -0.334 e. The number of thioether (sulfide) groups is 1. The fourth-order valence-electron chi connectivity index (χ4n) is 2.45. The summed E-state index contributed by atoms with van der Waals surface area (Å²) in [7, 11) is 0. The molecule has 2 aromatic rings. The molecule has 2 aromatic carbocycles. The highest BCUT2D eigenvalue weighted by Gasteiger charge is 2.26. The maximum atomic E-state index is 12.5. The van der Waals surface area contributed by atoms with Gasteiger partial charge in [0.25, 0.3) is 0 Å². The molecule has 0 radical (unpaired) electrons. The second-order valence-corrected chi connectivity index (χ2v) is 6.63. The number of nitrogens with zero attached hydrogens (tertiary/aromatic N) is 1. The summed E-state index contributed by atoms with van der Waals surface area (Å²) in [5.74, 6) is 0. The van der Waals surface area contributed by atoms with Crippen molar-refractivity contribution in [1.82, 2.24) is 5.32 Å². The van der Waals surface area contributed by atoms with Crippen molar-refractivity contribution in [2.24, 2.45) is 0 Å². The van der Waals surface area contributed by atoms with E-state index in [2.05, 4.69) is 18.3 Å². The molecule has 0 fully saturated rings. The molecule has 0 unspecified atom stereocenters. The van der Waals surface area contributed by atoms with Gasteiger partial charge in [0.1, 0.15) is 0 Å². The van der Waals surface area contributed by atoms with Crippen molar-refractivity contribution in [3.63, 3.8) is 0 Å². The lowest BCUT2D eigenvalue weighted by molar-refractivity contribution is 0.245. The number of urea groups is 1. The van der Waals surface area contributed by atoms with Gasteiger partial charge in [-0.3, -0.25) is 4.90 Å². The number of anilines is 1. The van der Waals surface area contributed by atoms with Crippen molar-refractivity contribution in [2.75, 3.05) is 11.4 Å². The number of amides is 2. The smallest absolute Gasteiger partial charge is 0.322 e. The maximum Gasteiger partial charge on any atom is 0.322 e. The zero-order valence-corrected chi connectivity index (χ0v) is 12.8. The Bertz CT molecular complexity index is 630. The van der Waals surface area contributed by atoms with Crippen molar-refractivity contribution in [1.29, 1.82) is 0 Å². The van der Waals surface area contributed by atoms with Gasteiger partial charge in [-0.2, -0.15) is 0 Å². The number of carbonyl (C=O) groups excluding carboxylic acids is 1. The Morgan fingerprint density at radius 3 is 2.71 bits per heavy atom. The number of rotatable bonds is 2. The zero-order chi connectivity index (χ0) is 14.7. The van der Waals surface area contributed by atoms with Gasteiger partial charge in [-0.1, -0.05) is 49.4 Å². The van der Waals surface area contributed by atoms with Crippen LogP contribution in [0.5, 0.6) is 0 Å². The predicted octanol–water partition coefficient (Wildman–Crippen LogP) is 3.90. The molecule has 1 atom stereocenters. The molecule has 3 rings (SSSR count). The molecule has 21 heavy (non-hydrogen) atoms. The van der Waals surface area contributed by atoms with Gasteiger partial charge in [-0.25, -0.2) is 4.79 Å². The molecule has 0 spiro atoms. The summed E-state index contributed by atoms with van der Waals surface area (Å²) in [6, 6.07) is 18.0. The van der Waals surface area contributed by atoms with Crippen LogP contribution in [0.1, 0.15) is 12.5 Å². The van der Waals surface area contributed by atoms with Gasteiger partial charge in [-0.15, -0.1) is 11.8 Å². The van der Waals surface area contributed by atoms with Crippen LogP contribution in [-0.2, 0) is 6.54 Å². The van der Waals surface area contributed by atoms with Crippen molar-refractivity contribution in [2.45, 2.75) is 23.6 Å².